The number of hydrogen-bond donors (Lipinski definition) is 0. The van der Waals surface area contributed by atoms with Crippen molar-refractivity contribution in [2.24, 2.45) is 11.2 Å². The highest BCUT2D eigenvalue weighted by Crippen LogP contribution is 1.93. The Morgan fingerprint density at radius 3 is 2.25 bits per heavy atom. The topological polar surface area (TPSA) is 32.7 Å². The van der Waals surface area contributed by atoms with Crippen molar-refractivity contribution in [1.29, 1.82) is 0 Å². The van der Waals surface area contributed by atoms with Gasteiger partial charge in [-0.05, 0) is 5.92 Å². The normalized spacial score (nSPS) is 9.50. The Morgan fingerprint density at radius 1 is 1.62 bits per heavy atom. The molecule has 0 aromatic heterocycles. The molecule has 0 aliphatic carbocycles. The zero-order valence-electron chi connectivity index (χ0n) is 5.59. The van der Waals surface area contributed by atoms with Gasteiger partial charge in [0.2, 0.25) is 0 Å². The Labute approximate surface area is 49.6 Å². The molecule has 0 bridgehead atoms. The monoisotopic (exact) mass is 116 g/mol. The molecule has 0 heterocycles. The van der Waals surface area contributed by atoms with Crippen molar-refractivity contribution >= 4 is 0 Å². The van der Waals surface area contributed by atoms with E-state index < -0.39 is 0 Å². The Morgan fingerprint density at radius 2 is 2.12 bits per heavy atom. The van der Waals surface area contributed by atoms with Crippen molar-refractivity contribution in [1.82, 2.24) is 5.01 Å². The Kier molecular flexibility index (Phi) is 3.15. The van der Waals surface area contributed by atoms with Crippen LogP contribution < -0.4 is 0 Å². The van der Waals surface area contributed by atoms with Crippen molar-refractivity contribution in [2.75, 3.05) is 13.6 Å². The maximum atomic E-state index is 9.72. The molecule has 8 heavy (non-hydrogen) atoms. The van der Waals surface area contributed by atoms with Crippen molar-refractivity contribution in [2.45, 2.75) is 13.8 Å². The lowest BCUT2D eigenvalue weighted by molar-refractivity contribution is 0.306. The van der Waals surface area contributed by atoms with Crippen LogP contribution in [0.1, 0.15) is 13.8 Å². The Bertz CT molecular complexity index is 72.8. The summed E-state index contributed by atoms with van der Waals surface area (Å²) in [6, 6.07) is 0. The van der Waals surface area contributed by atoms with E-state index in [1.165, 1.54) is 5.01 Å². The second-order valence-electron chi connectivity index (χ2n) is 2.32. The average molecular weight is 116 g/mol. The van der Waals surface area contributed by atoms with Crippen LogP contribution in [-0.2, 0) is 0 Å². The summed E-state index contributed by atoms with van der Waals surface area (Å²) in [7, 11) is 1.67. The van der Waals surface area contributed by atoms with E-state index in [1.54, 1.807) is 7.05 Å². The number of rotatable bonds is 3. The molecule has 0 amide bonds. The van der Waals surface area contributed by atoms with E-state index in [0.29, 0.717) is 5.92 Å². The minimum atomic E-state index is 0.512. The van der Waals surface area contributed by atoms with E-state index in [4.69, 9.17) is 0 Å². The first-order valence-electron chi connectivity index (χ1n) is 2.71. The van der Waals surface area contributed by atoms with Gasteiger partial charge < -0.3 is 0 Å². The van der Waals surface area contributed by atoms with Gasteiger partial charge in [0, 0.05) is 13.6 Å². The highest BCUT2D eigenvalue weighted by Gasteiger charge is 1.96. The van der Waals surface area contributed by atoms with Crippen LogP contribution >= 0.6 is 0 Å². The van der Waals surface area contributed by atoms with E-state index in [2.05, 4.69) is 5.29 Å². The summed E-state index contributed by atoms with van der Waals surface area (Å²) in [5, 5.41) is 4.11. The third kappa shape index (κ3) is 3.59. The summed E-state index contributed by atoms with van der Waals surface area (Å²) >= 11 is 0. The van der Waals surface area contributed by atoms with Gasteiger partial charge in [0.15, 0.2) is 0 Å². The molecule has 0 unspecified atom stereocenters. The third-order valence-electron chi connectivity index (χ3n) is 0.769. The van der Waals surface area contributed by atoms with Gasteiger partial charge in [-0.15, -0.1) is 4.91 Å². The molecule has 3 nitrogen and oxygen atoms in total. The van der Waals surface area contributed by atoms with E-state index in [1.807, 2.05) is 13.8 Å². The largest absolute Gasteiger partial charge is 0.264 e. The second kappa shape index (κ2) is 3.41. The third-order valence-corrected chi connectivity index (χ3v) is 0.769. The van der Waals surface area contributed by atoms with Gasteiger partial charge in [0.05, 0.1) is 5.29 Å². The Hall–Kier alpha value is -0.600. The first-order valence-corrected chi connectivity index (χ1v) is 2.71. The highest BCUT2D eigenvalue weighted by atomic mass is 16.3. The summed E-state index contributed by atoms with van der Waals surface area (Å²) < 4.78 is 0. The molecule has 0 atom stereocenters. The molecule has 0 saturated carbocycles. The quantitative estimate of drug-likeness (QED) is 0.410. The van der Waals surface area contributed by atoms with Crippen LogP contribution in [0.5, 0.6) is 0 Å². The molecule has 48 valence electrons. The summed E-state index contributed by atoms with van der Waals surface area (Å²) in [6.07, 6.45) is 0. The first kappa shape index (κ1) is 7.40. The van der Waals surface area contributed by atoms with Gasteiger partial charge in [-0.2, -0.15) is 0 Å². The second-order valence-corrected chi connectivity index (χ2v) is 2.32. The van der Waals surface area contributed by atoms with Crippen LogP contribution in [0.15, 0.2) is 5.29 Å². The van der Waals surface area contributed by atoms with Gasteiger partial charge in [-0.3, -0.25) is 5.01 Å². The van der Waals surface area contributed by atoms with Gasteiger partial charge in [-0.25, -0.2) is 0 Å². The SMILES string of the molecule is CC(C)CN(C)N=O. The highest BCUT2D eigenvalue weighted by molar-refractivity contribution is 4.46. The number of hydrogen-bond acceptors (Lipinski definition) is 2. The minimum Gasteiger partial charge on any atom is -0.264 e. The fourth-order valence-electron chi connectivity index (χ4n) is 0.562. The molecule has 0 aromatic rings. The van der Waals surface area contributed by atoms with Crippen LogP contribution in [0, 0.1) is 10.8 Å². The van der Waals surface area contributed by atoms with E-state index in [-0.39, 0.29) is 0 Å². The molecule has 0 aliphatic heterocycles. The van der Waals surface area contributed by atoms with Crippen molar-refractivity contribution in [3.05, 3.63) is 4.91 Å². The maximum absolute atomic E-state index is 9.72. The maximum Gasteiger partial charge on any atom is 0.0521 e. The van der Waals surface area contributed by atoms with Crippen LogP contribution in [0.25, 0.3) is 0 Å². The fourth-order valence-corrected chi connectivity index (χ4v) is 0.562. The van der Waals surface area contributed by atoms with Crippen molar-refractivity contribution in [3.63, 3.8) is 0 Å². The lowest BCUT2D eigenvalue weighted by Gasteiger charge is -2.09. The van der Waals surface area contributed by atoms with E-state index in [0.717, 1.165) is 6.54 Å². The molecule has 0 saturated heterocycles. The molecular weight excluding hydrogens is 104 g/mol. The Balaban J connectivity index is 3.23. The number of nitrogens with zero attached hydrogens (tertiary/aromatic N) is 2. The zero-order chi connectivity index (χ0) is 6.57. The summed E-state index contributed by atoms with van der Waals surface area (Å²) in [5.41, 5.74) is 0. The molecule has 3 heteroatoms. The molecular formula is C5H12N2O. The van der Waals surface area contributed by atoms with E-state index >= 15 is 0 Å². The van der Waals surface area contributed by atoms with Crippen LogP contribution in [-0.4, -0.2) is 18.6 Å². The first-order chi connectivity index (χ1) is 3.66. The van der Waals surface area contributed by atoms with Crippen LogP contribution in [0.2, 0.25) is 0 Å². The zero-order valence-corrected chi connectivity index (χ0v) is 5.59. The van der Waals surface area contributed by atoms with Crippen molar-refractivity contribution in [3.8, 4) is 0 Å². The van der Waals surface area contributed by atoms with Gasteiger partial charge in [0.1, 0.15) is 0 Å². The molecule has 0 aliphatic rings. The smallest absolute Gasteiger partial charge is 0.0521 e. The minimum absolute atomic E-state index is 0.512. The summed E-state index contributed by atoms with van der Waals surface area (Å²) in [4.78, 5) is 9.72. The van der Waals surface area contributed by atoms with Gasteiger partial charge >= 0.3 is 0 Å². The fraction of sp³-hybridized carbons (Fsp3) is 1.00. The number of nitroso groups, excluding NO2 is 1. The van der Waals surface area contributed by atoms with Gasteiger partial charge in [0.25, 0.3) is 0 Å². The molecule has 0 fully saturated rings. The average Bonchev–Trinajstić information content (AvgIpc) is 1.65. The van der Waals surface area contributed by atoms with Gasteiger partial charge in [-0.1, -0.05) is 13.8 Å². The molecule has 0 spiro atoms. The summed E-state index contributed by atoms with van der Waals surface area (Å²) in [6.45, 7) is 4.83. The summed E-state index contributed by atoms with van der Waals surface area (Å²) in [5.74, 6) is 0.512. The van der Waals surface area contributed by atoms with Crippen molar-refractivity contribution < 1.29 is 0 Å². The predicted octanol–water partition coefficient (Wildman–Crippen LogP) is 1.26. The predicted molar refractivity (Wildman–Crippen MR) is 33.3 cm³/mol. The van der Waals surface area contributed by atoms with Crippen LogP contribution in [0.4, 0.5) is 0 Å². The molecule has 0 rings (SSSR count). The van der Waals surface area contributed by atoms with E-state index in [9.17, 15) is 4.91 Å². The van der Waals surface area contributed by atoms with Crippen LogP contribution in [0.3, 0.4) is 0 Å². The molecule has 0 aromatic carbocycles. The molecule has 0 N–H and O–H groups in total. The lowest BCUT2D eigenvalue weighted by Crippen LogP contribution is -2.15. The molecule has 0 radical (unpaired) electrons. The standard InChI is InChI=1S/C5H12N2O/c1-5(2)4-7(3)6-8/h5H,4H2,1-3H3. The lowest BCUT2D eigenvalue weighted by atomic mass is 10.2.